The van der Waals surface area contributed by atoms with Gasteiger partial charge >= 0.3 is 0 Å². The number of ether oxygens (including phenoxy) is 2. The van der Waals surface area contributed by atoms with Crippen LogP contribution in [0.1, 0.15) is 24.0 Å². The van der Waals surface area contributed by atoms with E-state index in [1.165, 1.54) is 16.4 Å². The molecular weight excluding hydrogens is 468 g/mol. The summed E-state index contributed by atoms with van der Waals surface area (Å²) >= 11 is 0. The molecule has 9 nitrogen and oxygen atoms in total. The summed E-state index contributed by atoms with van der Waals surface area (Å²) in [5.74, 6) is 1.46. The van der Waals surface area contributed by atoms with Gasteiger partial charge in [0.25, 0.3) is 0 Å². The van der Waals surface area contributed by atoms with Crippen molar-refractivity contribution < 1.29 is 22.7 Å². The van der Waals surface area contributed by atoms with E-state index in [1.807, 2.05) is 24.3 Å². The van der Waals surface area contributed by atoms with Crippen LogP contribution in [-0.2, 0) is 21.4 Å². The van der Waals surface area contributed by atoms with Crippen molar-refractivity contribution in [2.75, 3.05) is 46.9 Å². The molecule has 1 aliphatic heterocycles. The van der Waals surface area contributed by atoms with Crippen molar-refractivity contribution in [1.82, 2.24) is 14.1 Å². The highest BCUT2D eigenvalue weighted by molar-refractivity contribution is 7.89. The lowest BCUT2D eigenvalue weighted by Crippen LogP contribution is -2.52. The van der Waals surface area contributed by atoms with Gasteiger partial charge in [0.1, 0.15) is 17.6 Å². The first-order chi connectivity index (χ1) is 16.9. The fraction of sp³-hybridized carbons (Fsp3) is 0.440. The molecule has 1 saturated heterocycles. The number of amides is 1. The highest BCUT2D eigenvalue weighted by atomic mass is 32.2. The van der Waals surface area contributed by atoms with E-state index >= 15 is 0 Å². The number of hydrogen-bond acceptors (Lipinski definition) is 7. The number of rotatable bonds is 9. The van der Waals surface area contributed by atoms with Crippen molar-refractivity contribution in [3.63, 3.8) is 0 Å². The van der Waals surface area contributed by atoms with Crippen molar-refractivity contribution in [3.8, 4) is 17.6 Å². The number of piperazine rings is 1. The molecule has 4 rings (SSSR count). The smallest absolute Gasteiger partial charge is 0.244 e. The van der Waals surface area contributed by atoms with Gasteiger partial charge in [0.05, 0.1) is 31.2 Å². The summed E-state index contributed by atoms with van der Waals surface area (Å²) in [6.45, 7) is 1.84. The second-order valence-corrected chi connectivity index (χ2v) is 10.6. The first-order valence-corrected chi connectivity index (χ1v) is 13.0. The number of hydrogen-bond donors (Lipinski definition) is 0. The Hall–Kier alpha value is -3.13. The van der Waals surface area contributed by atoms with E-state index in [0.29, 0.717) is 25.7 Å². The molecule has 0 N–H and O–H groups in total. The molecule has 0 aromatic heterocycles. The molecule has 2 fully saturated rings. The summed E-state index contributed by atoms with van der Waals surface area (Å²) in [5.41, 5.74) is 1.08. The monoisotopic (exact) mass is 498 g/mol. The molecular formula is C25H30N4O5S. The van der Waals surface area contributed by atoms with Crippen LogP contribution >= 0.6 is 0 Å². The van der Waals surface area contributed by atoms with Crippen molar-refractivity contribution in [2.45, 2.75) is 30.3 Å². The Bertz CT molecular complexity index is 1210. The van der Waals surface area contributed by atoms with Gasteiger partial charge in [-0.05, 0) is 43.2 Å². The van der Waals surface area contributed by atoms with E-state index in [0.717, 1.165) is 29.9 Å². The normalized spacial score (nSPS) is 16.7. The molecule has 35 heavy (non-hydrogen) atoms. The second kappa shape index (κ2) is 10.6. The van der Waals surface area contributed by atoms with Crippen molar-refractivity contribution in [2.24, 2.45) is 0 Å². The Morgan fingerprint density at radius 2 is 1.80 bits per heavy atom. The van der Waals surface area contributed by atoms with E-state index < -0.39 is 10.0 Å². The lowest BCUT2D eigenvalue weighted by Gasteiger charge is -2.35. The van der Waals surface area contributed by atoms with E-state index in [9.17, 15) is 18.5 Å². The molecule has 1 saturated carbocycles. The van der Waals surface area contributed by atoms with Crippen LogP contribution in [0.4, 0.5) is 0 Å². The Morgan fingerprint density at radius 1 is 1.09 bits per heavy atom. The molecule has 0 unspecified atom stereocenters. The highest BCUT2D eigenvalue weighted by Gasteiger charge is 2.35. The first-order valence-electron chi connectivity index (χ1n) is 11.6. The van der Waals surface area contributed by atoms with Crippen LogP contribution < -0.4 is 9.47 Å². The molecule has 0 bridgehead atoms. The highest BCUT2D eigenvalue weighted by Crippen LogP contribution is 2.32. The quantitative estimate of drug-likeness (QED) is 0.521. The predicted molar refractivity (Wildman–Crippen MR) is 129 cm³/mol. The average molecular weight is 499 g/mol. The number of methoxy groups -OCH3 is 2. The van der Waals surface area contributed by atoms with Crippen molar-refractivity contribution >= 4 is 15.9 Å². The Labute approximate surface area is 206 Å². The summed E-state index contributed by atoms with van der Waals surface area (Å²) < 4.78 is 38.4. The van der Waals surface area contributed by atoms with Crippen LogP contribution in [0.5, 0.6) is 11.5 Å². The molecule has 2 aromatic carbocycles. The molecule has 186 valence electrons. The van der Waals surface area contributed by atoms with E-state index in [1.54, 1.807) is 31.3 Å². The fourth-order valence-electron chi connectivity index (χ4n) is 4.35. The van der Waals surface area contributed by atoms with Gasteiger partial charge in [0.15, 0.2) is 0 Å². The van der Waals surface area contributed by atoms with Crippen LogP contribution in [0.25, 0.3) is 0 Å². The van der Waals surface area contributed by atoms with Gasteiger partial charge < -0.3 is 14.4 Å². The third-order valence-electron chi connectivity index (χ3n) is 6.48. The topological polar surface area (TPSA) is 103 Å². The fourth-order valence-corrected chi connectivity index (χ4v) is 5.92. The summed E-state index contributed by atoms with van der Waals surface area (Å²) in [6, 6.07) is 14.1. The maximum atomic E-state index is 13.2. The molecule has 1 aliphatic carbocycles. The SMILES string of the molecule is COc1ccc(OC)c(CN(CC(=O)N2CCN(S(=O)(=O)c3ccccc3C#N)CC2)C2CC2)c1. The molecule has 0 atom stereocenters. The number of nitrogens with zero attached hydrogens (tertiary/aromatic N) is 4. The zero-order chi connectivity index (χ0) is 25.0. The van der Waals surface area contributed by atoms with Gasteiger partial charge in [-0.3, -0.25) is 9.69 Å². The Morgan fingerprint density at radius 3 is 2.43 bits per heavy atom. The van der Waals surface area contributed by atoms with Gasteiger partial charge in [0.2, 0.25) is 15.9 Å². The second-order valence-electron chi connectivity index (χ2n) is 8.71. The lowest BCUT2D eigenvalue weighted by atomic mass is 10.1. The maximum Gasteiger partial charge on any atom is 0.244 e. The third kappa shape index (κ3) is 5.59. The van der Waals surface area contributed by atoms with Gasteiger partial charge in [-0.2, -0.15) is 9.57 Å². The summed E-state index contributed by atoms with van der Waals surface area (Å²) in [7, 11) is -0.556. The number of carbonyl (C=O) groups excluding carboxylic acids is 1. The molecule has 0 radical (unpaired) electrons. The van der Waals surface area contributed by atoms with Crippen molar-refractivity contribution in [1.29, 1.82) is 5.26 Å². The minimum Gasteiger partial charge on any atom is -0.497 e. The largest absolute Gasteiger partial charge is 0.497 e. The lowest BCUT2D eigenvalue weighted by molar-refractivity contribution is -0.133. The number of sulfonamides is 1. The van der Waals surface area contributed by atoms with Crippen molar-refractivity contribution in [3.05, 3.63) is 53.6 Å². The number of nitriles is 1. The third-order valence-corrected chi connectivity index (χ3v) is 8.44. The standard InChI is InChI=1S/C25H30N4O5S/c1-33-22-9-10-23(34-2)20(15-22)17-28(21-7-8-21)18-25(30)27-11-13-29(14-12-27)35(31,32)24-6-4-3-5-19(24)16-26/h3-6,9-10,15,21H,7-8,11-14,17-18H2,1-2H3. The molecule has 1 amide bonds. The summed E-state index contributed by atoms with van der Waals surface area (Å²) in [5, 5.41) is 9.29. The average Bonchev–Trinajstić information content (AvgIpc) is 3.74. The zero-order valence-electron chi connectivity index (χ0n) is 20.0. The molecule has 1 heterocycles. The summed E-state index contributed by atoms with van der Waals surface area (Å²) in [4.78, 5) is 17.0. The number of carbonyl (C=O) groups is 1. The van der Waals surface area contributed by atoms with Crippen LogP contribution in [0.3, 0.4) is 0 Å². The minimum atomic E-state index is -3.80. The van der Waals surface area contributed by atoms with Gasteiger partial charge in [-0.15, -0.1) is 0 Å². The predicted octanol–water partition coefficient (Wildman–Crippen LogP) is 2.07. The maximum absolute atomic E-state index is 13.2. The molecule has 2 aromatic rings. The first kappa shape index (κ1) is 25.0. The van der Waals surface area contributed by atoms with Crippen LogP contribution in [0.2, 0.25) is 0 Å². The Kier molecular flexibility index (Phi) is 7.60. The summed E-state index contributed by atoms with van der Waals surface area (Å²) in [6.07, 6.45) is 2.09. The van der Waals surface area contributed by atoms with Crippen LogP contribution in [0.15, 0.2) is 47.4 Å². The van der Waals surface area contributed by atoms with Gasteiger partial charge in [-0.1, -0.05) is 12.1 Å². The van der Waals surface area contributed by atoms with E-state index in [2.05, 4.69) is 4.90 Å². The van der Waals surface area contributed by atoms with Crippen LogP contribution in [0, 0.1) is 11.3 Å². The minimum absolute atomic E-state index is 0.00872. The van der Waals surface area contributed by atoms with Gasteiger partial charge in [0, 0.05) is 44.3 Å². The number of benzene rings is 2. The van der Waals surface area contributed by atoms with Gasteiger partial charge in [-0.25, -0.2) is 8.42 Å². The molecule has 2 aliphatic rings. The van der Waals surface area contributed by atoms with E-state index in [-0.39, 0.29) is 36.0 Å². The Balaban J connectivity index is 1.40. The molecule has 10 heteroatoms. The zero-order valence-corrected chi connectivity index (χ0v) is 20.8. The molecule has 0 spiro atoms. The van der Waals surface area contributed by atoms with Crippen LogP contribution in [-0.4, -0.2) is 81.4 Å². The van der Waals surface area contributed by atoms with E-state index in [4.69, 9.17) is 9.47 Å².